The minimum atomic E-state index is -1.13. The van der Waals surface area contributed by atoms with Gasteiger partial charge in [-0.3, -0.25) is 19.1 Å². The van der Waals surface area contributed by atoms with Gasteiger partial charge in [0.25, 0.3) is 11.5 Å². The van der Waals surface area contributed by atoms with Gasteiger partial charge in [0, 0.05) is 7.05 Å². The average molecular weight is 442 g/mol. The van der Waals surface area contributed by atoms with Crippen LogP contribution in [-0.2, 0) is 11.8 Å². The molecule has 2 aromatic carbocycles. The highest BCUT2D eigenvalue weighted by Gasteiger charge is 2.29. The zero-order valence-corrected chi connectivity index (χ0v) is 18.1. The van der Waals surface area contributed by atoms with E-state index in [1.807, 2.05) is 6.07 Å². The Morgan fingerprint density at radius 2 is 1.56 bits per heavy atom. The Morgan fingerprint density at radius 1 is 0.969 bits per heavy atom. The van der Waals surface area contributed by atoms with Crippen molar-refractivity contribution in [1.29, 1.82) is 0 Å². The number of carbonyl (C=O) groups is 2. The Bertz CT molecular complexity index is 1200. The van der Waals surface area contributed by atoms with E-state index in [0.717, 1.165) is 18.2 Å². The molecule has 7 nitrogen and oxygen atoms in total. The molecule has 9 heteroatoms. The second-order valence-corrected chi connectivity index (χ2v) is 7.72. The van der Waals surface area contributed by atoms with Crippen molar-refractivity contribution < 1.29 is 18.4 Å². The molecule has 0 bridgehead atoms. The van der Waals surface area contributed by atoms with Crippen LogP contribution in [0.25, 0.3) is 5.69 Å². The number of para-hydroxylation sites is 1. The van der Waals surface area contributed by atoms with E-state index in [9.17, 15) is 23.2 Å². The fourth-order valence-corrected chi connectivity index (χ4v) is 3.38. The molecule has 0 saturated carbocycles. The third kappa shape index (κ3) is 4.32. The lowest BCUT2D eigenvalue weighted by atomic mass is 10.0. The summed E-state index contributed by atoms with van der Waals surface area (Å²) >= 11 is 0. The molecule has 2 N–H and O–H groups in total. The van der Waals surface area contributed by atoms with Gasteiger partial charge in [-0.1, -0.05) is 38.1 Å². The van der Waals surface area contributed by atoms with E-state index in [2.05, 4.69) is 10.6 Å². The third-order valence-corrected chi connectivity index (χ3v) is 5.23. The first-order valence-electron chi connectivity index (χ1n) is 10.0. The van der Waals surface area contributed by atoms with Gasteiger partial charge in [-0.25, -0.2) is 13.5 Å². The first-order valence-corrected chi connectivity index (χ1v) is 10.0. The number of halogens is 2. The van der Waals surface area contributed by atoms with Crippen LogP contribution in [0, 0.1) is 24.5 Å². The van der Waals surface area contributed by atoms with Crippen molar-refractivity contribution in [2.75, 3.05) is 5.32 Å². The average Bonchev–Trinajstić information content (AvgIpc) is 2.95. The Kier molecular flexibility index (Phi) is 6.57. The molecule has 0 fully saturated rings. The molecule has 2 amide bonds. The number of hydrogen-bond donors (Lipinski definition) is 2. The number of aromatic nitrogens is 2. The molecule has 0 radical (unpaired) electrons. The zero-order chi connectivity index (χ0) is 23.6. The van der Waals surface area contributed by atoms with Crippen LogP contribution in [0.2, 0.25) is 0 Å². The van der Waals surface area contributed by atoms with Crippen molar-refractivity contribution in [3.8, 4) is 5.69 Å². The normalized spacial score (nSPS) is 12.0. The second-order valence-electron chi connectivity index (χ2n) is 7.72. The van der Waals surface area contributed by atoms with Crippen molar-refractivity contribution in [3.05, 3.63) is 81.8 Å². The maximum atomic E-state index is 14.0. The predicted octanol–water partition coefficient (Wildman–Crippen LogP) is 3.16. The zero-order valence-electron chi connectivity index (χ0n) is 18.1. The number of amides is 2. The Morgan fingerprint density at radius 3 is 2.12 bits per heavy atom. The topological polar surface area (TPSA) is 85.1 Å². The van der Waals surface area contributed by atoms with Gasteiger partial charge in [-0.2, -0.15) is 0 Å². The summed E-state index contributed by atoms with van der Waals surface area (Å²) in [6, 6.07) is 10.8. The molecule has 32 heavy (non-hydrogen) atoms. The van der Waals surface area contributed by atoms with Crippen molar-refractivity contribution in [1.82, 2.24) is 14.7 Å². The van der Waals surface area contributed by atoms with Crippen LogP contribution < -0.4 is 16.2 Å². The van der Waals surface area contributed by atoms with Crippen molar-refractivity contribution in [2.45, 2.75) is 26.8 Å². The van der Waals surface area contributed by atoms with Crippen LogP contribution in [0.4, 0.5) is 14.5 Å². The molecule has 1 atom stereocenters. The van der Waals surface area contributed by atoms with E-state index in [0.29, 0.717) is 11.4 Å². The lowest BCUT2D eigenvalue weighted by Crippen LogP contribution is -2.48. The van der Waals surface area contributed by atoms with Gasteiger partial charge in [0.1, 0.15) is 28.9 Å². The maximum Gasteiger partial charge on any atom is 0.295 e. The van der Waals surface area contributed by atoms with Gasteiger partial charge < -0.3 is 10.6 Å². The molecule has 0 saturated heterocycles. The van der Waals surface area contributed by atoms with E-state index in [1.165, 1.54) is 4.68 Å². The number of anilines is 1. The van der Waals surface area contributed by atoms with Gasteiger partial charge in [-0.15, -0.1) is 0 Å². The van der Waals surface area contributed by atoms with Crippen LogP contribution in [-0.4, -0.2) is 27.2 Å². The number of benzene rings is 2. The lowest BCUT2D eigenvalue weighted by Gasteiger charge is -2.21. The van der Waals surface area contributed by atoms with Crippen molar-refractivity contribution in [3.63, 3.8) is 0 Å². The number of rotatable bonds is 6. The molecule has 3 rings (SSSR count). The van der Waals surface area contributed by atoms with Crippen LogP contribution in [0.1, 0.15) is 29.9 Å². The van der Waals surface area contributed by atoms with E-state index in [-0.39, 0.29) is 5.69 Å². The van der Waals surface area contributed by atoms with E-state index in [4.69, 9.17) is 0 Å². The molecule has 3 aromatic rings. The van der Waals surface area contributed by atoms with Crippen LogP contribution in [0.15, 0.2) is 53.3 Å². The van der Waals surface area contributed by atoms with Gasteiger partial charge in [0.15, 0.2) is 0 Å². The molecule has 0 aliphatic carbocycles. The standard InChI is InChI=1S/C23H24F2N4O3/c1-13(2)19(26-21(30)18-16(24)11-8-12-17(18)25)22(31)27-20-14(3)28(4)29(23(20)32)15-9-6-5-7-10-15/h5-13,19H,1-4H3,(H,26,30)(H,27,31)/t19-/m0/s1. The van der Waals surface area contributed by atoms with Gasteiger partial charge in [0.2, 0.25) is 5.91 Å². The summed E-state index contributed by atoms with van der Waals surface area (Å²) in [6.45, 7) is 5.01. The summed E-state index contributed by atoms with van der Waals surface area (Å²) in [5.74, 6) is -4.21. The molecule has 0 aliphatic heterocycles. The highest BCUT2D eigenvalue weighted by molar-refractivity contribution is 6.01. The quantitative estimate of drug-likeness (QED) is 0.615. The van der Waals surface area contributed by atoms with Crippen LogP contribution in [0.5, 0.6) is 0 Å². The molecule has 1 heterocycles. The predicted molar refractivity (Wildman–Crippen MR) is 117 cm³/mol. The fourth-order valence-electron chi connectivity index (χ4n) is 3.38. The Hall–Kier alpha value is -3.75. The number of nitrogens with one attached hydrogen (secondary N) is 2. The van der Waals surface area contributed by atoms with E-state index in [1.54, 1.807) is 56.8 Å². The first kappa shape index (κ1) is 22.9. The minimum absolute atomic E-state index is 0.0540. The fraction of sp³-hybridized carbons (Fsp3) is 0.261. The molecular formula is C23H24F2N4O3. The minimum Gasteiger partial charge on any atom is -0.340 e. The SMILES string of the molecule is Cc1c(NC(=O)[C@@H](NC(=O)c2c(F)cccc2F)C(C)C)c(=O)n(-c2ccccc2)n1C. The van der Waals surface area contributed by atoms with Gasteiger partial charge in [-0.05, 0) is 37.1 Å². The third-order valence-electron chi connectivity index (χ3n) is 5.23. The van der Waals surface area contributed by atoms with E-state index < -0.39 is 46.5 Å². The highest BCUT2D eigenvalue weighted by atomic mass is 19.1. The molecule has 0 aliphatic rings. The largest absolute Gasteiger partial charge is 0.340 e. The number of nitrogens with zero attached hydrogens (tertiary/aromatic N) is 2. The lowest BCUT2D eigenvalue weighted by molar-refractivity contribution is -0.118. The summed E-state index contributed by atoms with van der Waals surface area (Å²) in [6.07, 6.45) is 0. The monoisotopic (exact) mass is 442 g/mol. The molecule has 1 aromatic heterocycles. The molecule has 0 spiro atoms. The van der Waals surface area contributed by atoms with E-state index >= 15 is 0 Å². The van der Waals surface area contributed by atoms with Crippen molar-refractivity contribution in [2.24, 2.45) is 13.0 Å². The van der Waals surface area contributed by atoms with Gasteiger partial charge >= 0.3 is 0 Å². The Labute approximate surface area is 183 Å². The molecule has 168 valence electrons. The summed E-state index contributed by atoms with van der Waals surface area (Å²) < 4.78 is 30.9. The summed E-state index contributed by atoms with van der Waals surface area (Å²) in [5, 5.41) is 4.96. The van der Waals surface area contributed by atoms with Crippen molar-refractivity contribution >= 4 is 17.5 Å². The summed E-state index contributed by atoms with van der Waals surface area (Å²) in [7, 11) is 1.68. The molecule has 0 unspecified atom stereocenters. The first-order chi connectivity index (χ1) is 15.1. The number of carbonyl (C=O) groups excluding carboxylic acids is 2. The molecular weight excluding hydrogens is 418 g/mol. The van der Waals surface area contributed by atoms with Crippen LogP contribution >= 0.6 is 0 Å². The maximum absolute atomic E-state index is 14.0. The highest BCUT2D eigenvalue weighted by Crippen LogP contribution is 2.17. The number of hydrogen-bond acceptors (Lipinski definition) is 3. The summed E-state index contributed by atoms with van der Waals surface area (Å²) in [5.41, 5.74) is -0.0429. The smallest absolute Gasteiger partial charge is 0.295 e. The van der Waals surface area contributed by atoms with Crippen LogP contribution in [0.3, 0.4) is 0 Å². The summed E-state index contributed by atoms with van der Waals surface area (Å²) in [4.78, 5) is 38.5. The second kappa shape index (κ2) is 9.17. The van der Waals surface area contributed by atoms with Gasteiger partial charge in [0.05, 0.1) is 11.4 Å². The Balaban J connectivity index is 1.89.